The molecule has 0 bridgehead atoms. The maximum Gasteiger partial charge on any atom is 0.267 e. The molecule has 0 aliphatic heterocycles. The van der Waals surface area contributed by atoms with Gasteiger partial charge in [0, 0.05) is 0 Å². The minimum Gasteiger partial charge on any atom is -0.393 e. The Morgan fingerprint density at radius 2 is 1.04 bits per heavy atom. The van der Waals surface area contributed by atoms with Crippen molar-refractivity contribution >= 4 is 10.1 Å². The van der Waals surface area contributed by atoms with Crippen molar-refractivity contribution in [3.05, 3.63) is 0 Å². The first-order valence-electron chi connectivity index (χ1n) is 11.6. The van der Waals surface area contributed by atoms with Crippen molar-refractivity contribution in [2.45, 2.75) is 141 Å². The van der Waals surface area contributed by atoms with E-state index in [0.717, 1.165) is 25.7 Å². The van der Waals surface area contributed by atoms with Crippen LogP contribution in [0.15, 0.2) is 0 Å². The molecule has 0 rings (SSSR count). The predicted octanol–water partition coefficient (Wildman–Crippen LogP) is 6.67. The minimum atomic E-state index is -4.00. The first-order chi connectivity index (χ1) is 12.9. The zero-order valence-electron chi connectivity index (χ0n) is 18.0. The average molecular weight is 407 g/mol. The van der Waals surface area contributed by atoms with E-state index in [1.165, 1.54) is 64.2 Å². The van der Waals surface area contributed by atoms with Gasteiger partial charge in [0.05, 0.1) is 11.4 Å². The first-order valence-corrected chi connectivity index (χ1v) is 13.1. The summed E-state index contributed by atoms with van der Waals surface area (Å²) in [6, 6.07) is 0. The quantitative estimate of drug-likeness (QED) is 0.175. The molecule has 0 spiro atoms. The molecule has 2 atom stereocenters. The Morgan fingerprint density at radius 3 is 1.44 bits per heavy atom. The van der Waals surface area contributed by atoms with Crippen LogP contribution in [-0.4, -0.2) is 29.4 Å². The molecule has 5 heteroatoms. The van der Waals surface area contributed by atoms with E-state index in [9.17, 15) is 18.1 Å². The van der Waals surface area contributed by atoms with Gasteiger partial charge in [-0.15, -0.1) is 0 Å². The summed E-state index contributed by atoms with van der Waals surface area (Å²) in [5.74, 6) is 0. The third-order valence-electron chi connectivity index (χ3n) is 5.49. The van der Waals surface area contributed by atoms with E-state index in [-0.39, 0.29) is 0 Å². The lowest BCUT2D eigenvalue weighted by molar-refractivity contribution is 0.150. The second kappa shape index (κ2) is 17.9. The van der Waals surface area contributed by atoms with Crippen molar-refractivity contribution < 1.29 is 18.1 Å². The molecule has 164 valence electrons. The number of aliphatic hydroxyl groups excluding tert-OH is 1. The Kier molecular flexibility index (Phi) is 17.8. The highest BCUT2D eigenvalue weighted by molar-refractivity contribution is 7.86. The van der Waals surface area contributed by atoms with Crippen LogP contribution in [0.3, 0.4) is 0 Å². The van der Waals surface area contributed by atoms with Gasteiger partial charge in [0.15, 0.2) is 0 Å². The fourth-order valence-electron chi connectivity index (χ4n) is 3.69. The highest BCUT2D eigenvalue weighted by Gasteiger charge is 2.23. The zero-order valence-corrected chi connectivity index (χ0v) is 18.8. The van der Waals surface area contributed by atoms with Gasteiger partial charge in [-0.2, -0.15) is 8.42 Å². The fraction of sp³-hybridized carbons (Fsp3) is 1.00. The second-order valence-corrected chi connectivity index (χ2v) is 9.88. The SMILES string of the molecule is CCCCCCCCCCCCCCCC(CCC(O)CCC)S(=O)(=O)O. The monoisotopic (exact) mass is 406 g/mol. The third-order valence-corrected chi connectivity index (χ3v) is 6.81. The molecule has 2 N–H and O–H groups in total. The normalized spacial score (nSPS) is 14.4. The highest BCUT2D eigenvalue weighted by atomic mass is 32.2. The summed E-state index contributed by atoms with van der Waals surface area (Å²) in [5, 5.41) is 9.06. The van der Waals surface area contributed by atoms with Crippen molar-refractivity contribution in [3.8, 4) is 0 Å². The molecule has 0 aromatic rings. The lowest BCUT2D eigenvalue weighted by Crippen LogP contribution is -2.22. The Morgan fingerprint density at radius 1 is 0.593 bits per heavy atom. The van der Waals surface area contributed by atoms with Crippen molar-refractivity contribution in [1.82, 2.24) is 0 Å². The van der Waals surface area contributed by atoms with E-state index in [2.05, 4.69) is 6.92 Å². The Balaban J connectivity index is 3.63. The van der Waals surface area contributed by atoms with E-state index in [1.807, 2.05) is 6.92 Å². The van der Waals surface area contributed by atoms with Crippen LogP contribution < -0.4 is 0 Å². The van der Waals surface area contributed by atoms with Crippen molar-refractivity contribution in [3.63, 3.8) is 0 Å². The van der Waals surface area contributed by atoms with Crippen molar-refractivity contribution in [2.75, 3.05) is 0 Å². The summed E-state index contributed by atoms with van der Waals surface area (Å²) in [7, 11) is -4.00. The molecule has 0 heterocycles. The molecular weight excluding hydrogens is 360 g/mol. The summed E-state index contributed by atoms with van der Waals surface area (Å²) in [5.41, 5.74) is 0. The van der Waals surface area contributed by atoms with E-state index in [4.69, 9.17) is 0 Å². The van der Waals surface area contributed by atoms with Gasteiger partial charge in [0.1, 0.15) is 0 Å². The van der Waals surface area contributed by atoms with Crippen LogP contribution in [0.1, 0.15) is 129 Å². The van der Waals surface area contributed by atoms with Gasteiger partial charge in [-0.1, -0.05) is 104 Å². The zero-order chi connectivity index (χ0) is 20.4. The molecule has 0 fully saturated rings. The second-order valence-electron chi connectivity index (χ2n) is 8.19. The molecule has 2 unspecified atom stereocenters. The molecule has 0 aromatic heterocycles. The predicted molar refractivity (Wildman–Crippen MR) is 116 cm³/mol. The Bertz CT molecular complexity index is 409. The molecule has 0 aliphatic carbocycles. The highest BCUT2D eigenvalue weighted by Crippen LogP contribution is 2.19. The van der Waals surface area contributed by atoms with Gasteiger partial charge in [-0.05, 0) is 25.7 Å². The average Bonchev–Trinajstić information content (AvgIpc) is 2.60. The van der Waals surface area contributed by atoms with Gasteiger partial charge in [-0.25, -0.2) is 0 Å². The number of aliphatic hydroxyl groups is 1. The van der Waals surface area contributed by atoms with Gasteiger partial charge >= 0.3 is 0 Å². The third kappa shape index (κ3) is 17.7. The van der Waals surface area contributed by atoms with Crippen LogP contribution in [0.4, 0.5) is 0 Å². The Hall–Kier alpha value is -0.130. The van der Waals surface area contributed by atoms with Crippen molar-refractivity contribution in [2.24, 2.45) is 0 Å². The maximum atomic E-state index is 11.5. The molecule has 0 aromatic carbocycles. The number of rotatable bonds is 20. The number of unbranched alkanes of at least 4 members (excludes halogenated alkanes) is 12. The molecule has 4 nitrogen and oxygen atoms in total. The summed E-state index contributed by atoms with van der Waals surface area (Å²) >= 11 is 0. The molecule has 0 saturated heterocycles. The number of hydrogen-bond donors (Lipinski definition) is 2. The van der Waals surface area contributed by atoms with E-state index in [0.29, 0.717) is 25.7 Å². The van der Waals surface area contributed by atoms with Crippen molar-refractivity contribution in [1.29, 1.82) is 0 Å². The van der Waals surface area contributed by atoms with Crippen LogP contribution in [0.25, 0.3) is 0 Å². The van der Waals surface area contributed by atoms with Gasteiger partial charge < -0.3 is 5.11 Å². The van der Waals surface area contributed by atoms with Crippen LogP contribution in [0.2, 0.25) is 0 Å². The summed E-state index contributed by atoms with van der Waals surface area (Å²) in [6.45, 7) is 4.25. The standard InChI is InChI=1S/C22H46O4S/c1-3-5-6-7-8-9-10-11-12-13-14-15-16-18-22(27(24,25)26)20-19-21(23)17-4-2/h21-23H,3-20H2,1-2H3,(H,24,25,26). The van der Waals surface area contributed by atoms with Gasteiger partial charge in [0.25, 0.3) is 10.1 Å². The topological polar surface area (TPSA) is 74.6 Å². The van der Waals surface area contributed by atoms with E-state index in [1.54, 1.807) is 0 Å². The van der Waals surface area contributed by atoms with Crippen LogP contribution in [0.5, 0.6) is 0 Å². The minimum absolute atomic E-state index is 0.359. The Labute approximate surface area is 169 Å². The van der Waals surface area contributed by atoms with Gasteiger partial charge in [-0.3, -0.25) is 4.55 Å². The van der Waals surface area contributed by atoms with E-state index < -0.39 is 21.5 Å². The summed E-state index contributed by atoms with van der Waals surface area (Å²) < 4.78 is 32.5. The van der Waals surface area contributed by atoms with E-state index >= 15 is 0 Å². The summed E-state index contributed by atoms with van der Waals surface area (Å²) in [6.07, 6.45) is 18.8. The molecule has 0 radical (unpaired) electrons. The van der Waals surface area contributed by atoms with Crippen LogP contribution in [-0.2, 0) is 10.1 Å². The molecule has 27 heavy (non-hydrogen) atoms. The lowest BCUT2D eigenvalue weighted by Gasteiger charge is -2.16. The number of hydrogen-bond acceptors (Lipinski definition) is 3. The maximum absolute atomic E-state index is 11.5. The molecule has 0 amide bonds. The lowest BCUT2D eigenvalue weighted by atomic mass is 10.0. The molecule has 0 aliphatic rings. The van der Waals surface area contributed by atoms with Crippen LogP contribution >= 0.6 is 0 Å². The smallest absolute Gasteiger partial charge is 0.267 e. The fourth-order valence-corrected chi connectivity index (χ4v) is 4.59. The largest absolute Gasteiger partial charge is 0.393 e. The van der Waals surface area contributed by atoms with Crippen LogP contribution in [0, 0.1) is 0 Å². The first kappa shape index (κ1) is 26.9. The summed E-state index contributed by atoms with van der Waals surface area (Å²) in [4.78, 5) is 0. The van der Waals surface area contributed by atoms with Gasteiger partial charge in [0.2, 0.25) is 0 Å². The molecule has 0 saturated carbocycles. The molecular formula is C22H46O4S.